The largest absolute Gasteiger partial charge is 0.382 e. The van der Waals surface area contributed by atoms with Gasteiger partial charge in [-0.1, -0.05) is 24.3 Å². The second-order valence-corrected chi connectivity index (χ2v) is 5.47. The fourth-order valence-electron chi connectivity index (χ4n) is 2.17. The molecule has 0 radical (unpaired) electrons. The molecule has 106 valence electrons. The average molecular weight is 350 g/mol. The van der Waals surface area contributed by atoms with Crippen LogP contribution >= 0.6 is 15.9 Å². The summed E-state index contributed by atoms with van der Waals surface area (Å²) in [5, 5.41) is 11.3. The van der Waals surface area contributed by atoms with Gasteiger partial charge < -0.3 is 5.11 Å². The molecule has 0 aliphatic rings. The lowest BCUT2D eigenvalue weighted by atomic mass is 10.0. The van der Waals surface area contributed by atoms with Crippen molar-refractivity contribution in [2.75, 3.05) is 0 Å². The second kappa shape index (κ2) is 5.50. The number of fused-ring (bicyclic) bond motifs is 1. The summed E-state index contributed by atoms with van der Waals surface area (Å²) in [6.07, 6.45) is -1.27. The molecule has 21 heavy (non-hydrogen) atoms. The molecule has 0 spiro atoms. The topological polar surface area (TPSA) is 33.1 Å². The Morgan fingerprint density at radius 2 is 1.81 bits per heavy atom. The lowest BCUT2D eigenvalue weighted by Crippen LogP contribution is -2.06. The van der Waals surface area contributed by atoms with E-state index in [1.807, 2.05) is 24.3 Å². The van der Waals surface area contributed by atoms with Crippen LogP contribution < -0.4 is 0 Å². The van der Waals surface area contributed by atoms with Gasteiger partial charge in [0.2, 0.25) is 0 Å². The highest BCUT2D eigenvalue weighted by molar-refractivity contribution is 9.10. The normalized spacial score (nSPS) is 12.6. The molecule has 0 fully saturated rings. The number of halogens is 3. The van der Waals surface area contributed by atoms with Gasteiger partial charge in [-0.2, -0.15) is 0 Å². The van der Waals surface area contributed by atoms with E-state index >= 15 is 0 Å². The predicted molar refractivity (Wildman–Crippen MR) is 79.9 cm³/mol. The third-order valence-electron chi connectivity index (χ3n) is 3.22. The molecule has 0 aliphatic carbocycles. The standard InChI is InChI=1S/C16H10BrF2NO/c17-12-7-9-3-1-2-4-14(9)20-15(12)16(21)11-6-5-10(18)8-13(11)19/h1-8,16,21H. The van der Waals surface area contributed by atoms with Crippen molar-refractivity contribution in [2.24, 2.45) is 0 Å². The SMILES string of the molecule is OC(c1ccc(F)cc1F)c1nc2ccccc2cc1Br. The Kier molecular flexibility index (Phi) is 3.69. The minimum Gasteiger partial charge on any atom is -0.382 e. The summed E-state index contributed by atoms with van der Waals surface area (Å²) in [6.45, 7) is 0. The third-order valence-corrected chi connectivity index (χ3v) is 3.86. The Balaban J connectivity index is 2.12. The maximum atomic E-state index is 13.8. The zero-order valence-electron chi connectivity index (χ0n) is 10.7. The van der Waals surface area contributed by atoms with Crippen LogP contribution in [0, 0.1) is 11.6 Å². The molecule has 0 saturated heterocycles. The van der Waals surface area contributed by atoms with Gasteiger partial charge in [-0.05, 0) is 34.1 Å². The van der Waals surface area contributed by atoms with Gasteiger partial charge in [0.15, 0.2) is 0 Å². The third kappa shape index (κ3) is 2.66. The van der Waals surface area contributed by atoms with Crippen LogP contribution in [0.25, 0.3) is 10.9 Å². The maximum absolute atomic E-state index is 13.8. The van der Waals surface area contributed by atoms with Crippen LogP contribution in [0.1, 0.15) is 17.4 Å². The molecule has 0 aliphatic heterocycles. The van der Waals surface area contributed by atoms with E-state index in [1.165, 1.54) is 6.07 Å². The van der Waals surface area contributed by atoms with Crippen LogP contribution in [0.15, 0.2) is 53.0 Å². The molecular weight excluding hydrogens is 340 g/mol. The van der Waals surface area contributed by atoms with Crippen molar-refractivity contribution in [1.29, 1.82) is 0 Å². The van der Waals surface area contributed by atoms with E-state index in [0.29, 0.717) is 15.7 Å². The Hall–Kier alpha value is -1.85. The highest BCUT2D eigenvalue weighted by Gasteiger charge is 2.20. The number of para-hydroxylation sites is 1. The van der Waals surface area contributed by atoms with Crippen LogP contribution in [-0.2, 0) is 0 Å². The van der Waals surface area contributed by atoms with Gasteiger partial charge in [-0.25, -0.2) is 13.8 Å². The molecule has 0 amide bonds. The summed E-state index contributed by atoms with van der Waals surface area (Å²) in [4.78, 5) is 4.36. The number of nitrogens with zero attached hydrogens (tertiary/aromatic N) is 1. The maximum Gasteiger partial charge on any atom is 0.132 e. The second-order valence-electron chi connectivity index (χ2n) is 4.62. The monoisotopic (exact) mass is 349 g/mol. The Bertz CT molecular complexity index is 822. The number of aromatic nitrogens is 1. The molecule has 0 bridgehead atoms. The van der Waals surface area contributed by atoms with Crippen molar-refractivity contribution in [1.82, 2.24) is 4.98 Å². The van der Waals surface area contributed by atoms with Crippen molar-refractivity contribution < 1.29 is 13.9 Å². The summed E-state index contributed by atoms with van der Waals surface area (Å²) in [5.41, 5.74) is 0.969. The number of pyridine rings is 1. The molecule has 1 unspecified atom stereocenters. The van der Waals surface area contributed by atoms with Gasteiger partial charge in [0.25, 0.3) is 0 Å². The number of aliphatic hydroxyl groups is 1. The van der Waals surface area contributed by atoms with Gasteiger partial charge >= 0.3 is 0 Å². The van der Waals surface area contributed by atoms with Crippen LogP contribution in [-0.4, -0.2) is 10.1 Å². The van der Waals surface area contributed by atoms with E-state index in [2.05, 4.69) is 20.9 Å². The predicted octanol–water partition coefficient (Wildman–Crippen LogP) is 4.36. The first kappa shape index (κ1) is 14.1. The van der Waals surface area contributed by atoms with Crippen LogP contribution in [0.2, 0.25) is 0 Å². The van der Waals surface area contributed by atoms with Gasteiger partial charge in [0.1, 0.15) is 17.7 Å². The van der Waals surface area contributed by atoms with E-state index in [1.54, 1.807) is 6.07 Å². The first-order valence-corrected chi connectivity index (χ1v) is 7.04. The summed E-state index contributed by atoms with van der Waals surface area (Å²) in [7, 11) is 0. The van der Waals surface area contributed by atoms with Crippen LogP contribution in [0.4, 0.5) is 8.78 Å². The zero-order valence-corrected chi connectivity index (χ0v) is 12.3. The van der Waals surface area contributed by atoms with E-state index in [4.69, 9.17) is 0 Å². The van der Waals surface area contributed by atoms with Gasteiger partial charge in [-0.3, -0.25) is 0 Å². The molecule has 1 heterocycles. The first-order chi connectivity index (χ1) is 10.1. The number of benzene rings is 2. The highest BCUT2D eigenvalue weighted by atomic mass is 79.9. The number of aliphatic hydroxyl groups excluding tert-OH is 1. The summed E-state index contributed by atoms with van der Waals surface area (Å²) < 4.78 is 27.3. The van der Waals surface area contributed by atoms with Crippen LogP contribution in [0.3, 0.4) is 0 Å². The molecular formula is C16H10BrF2NO. The quantitative estimate of drug-likeness (QED) is 0.745. The smallest absolute Gasteiger partial charge is 0.132 e. The van der Waals surface area contributed by atoms with Gasteiger partial charge in [0, 0.05) is 21.5 Å². The fraction of sp³-hybridized carbons (Fsp3) is 0.0625. The summed E-state index contributed by atoms with van der Waals surface area (Å²) in [6, 6.07) is 12.3. The van der Waals surface area contributed by atoms with Crippen molar-refractivity contribution in [2.45, 2.75) is 6.10 Å². The Labute approximate surface area is 128 Å². The van der Waals surface area contributed by atoms with Crippen molar-refractivity contribution in [3.8, 4) is 0 Å². The number of rotatable bonds is 2. The first-order valence-electron chi connectivity index (χ1n) is 6.24. The number of hydrogen-bond donors (Lipinski definition) is 1. The lowest BCUT2D eigenvalue weighted by molar-refractivity contribution is 0.209. The van der Waals surface area contributed by atoms with Gasteiger partial charge in [0.05, 0.1) is 11.2 Å². The van der Waals surface area contributed by atoms with Crippen molar-refractivity contribution in [3.05, 3.63) is 75.9 Å². The Morgan fingerprint density at radius 1 is 1.05 bits per heavy atom. The lowest BCUT2D eigenvalue weighted by Gasteiger charge is -2.14. The zero-order chi connectivity index (χ0) is 15.0. The summed E-state index contributed by atoms with van der Waals surface area (Å²) >= 11 is 3.34. The molecule has 1 aromatic heterocycles. The number of hydrogen-bond acceptors (Lipinski definition) is 2. The molecule has 5 heteroatoms. The van der Waals surface area contributed by atoms with Gasteiger partial charge in [-0.15, -0.1) is 0 Å². The summed E-state index contributed by atoms with van der Waals surface area (Å²) in [5.74, 6) is -1.49. The molecule has 1 atom stereocenters. The van der Waals surface area contributed by atoms with E-state index in [-0.39, 0.29) is 5.56 Å². The van der Waals surface area contributed by atoms with E-state index < -0.39 is 17.7 Å². The Morgan fingerprint density at radius 3 is 2.57 bits per heavy atom. The molecule has 2 nitrogen and oxygen atoms in total. The molecule has 0 saturated carbocycles. The minimum atomic E-state index is -1.27. The van der Waals surface area contributed by atoms with E-state index in [9.17, 15) is 13.9 Å². The molecule has 3 aromatic rings. The molecule has 3 rings (SSSR count). The average Bonchev–Trinajstić information content (AvgIpc) is 2.46. The van der Waals surface area contributed by atoms with E-state index in [0.717, 1.165) is 17.5 Å². The van der Waals surface area contributed by atoms with Crippen molar-refractivity contribution >= 4 is 26.8 Å². The fourth-order valence-corrected chi connectivity index (χ4v) is 2.72. The molecule has 1 N–H and O–H groups in total. The highest BCUT2D eigenvalue weighted by Crippen LogP contribution is 2.31. The van der Waals surface area contributed by atoms with Crippen molar-refractivity contribution in [3.63, 3.8) is 0 Å². The van der Waals surface area contributed by atoms with Crippen LogP contribution in [0.5, 0.6) is 0 Å². The minimum absolute atomic E-state index is 0.0140. The molecule has 2 aromatic carbocycles.